The molecule has 1 aromatic rings. The van der Waals surface area contributed by atoms with E-state index in [0.717, 1.165) is 6.26 Å². The van der Waals surface area contributed by atoms with Gasteiger partial charge in [0, 0.05) is 48.3 Å². The molecule has 4 heterocycles. The van der Waals surface area contributed by atoms with Crippen molar-refractivity contribution < 1.29 is 36.2 Å². The minimum atomic E-state index is -3.52. The van der Waals surface area contributed by atoms with Crippen LogP contribution < -0.4 is 9.46 Å². The van der Waals surface area contributed by atoms with Gasteiger partial charge in [0.25, 0.3) is 6.43 Å². The molecule has 4 aliphatic rings. The molecule has 214 valence electrons. The average Bonchev–Trinajstić information content (AvgIpc) is 3.16. The van der Waals surface area contributed by atoms with Crippen molar-refractivity contribution in [3.8, 4) is 5.88 Å². The third kappa shape index (κ3) is 7.51. The number of sulfonamides is 1. The summed E-state index contributed by atoms with van der Waals surface area (Å²) >= 11 is 0. The Labute approximate surface area is 223 Å². The minimum Gasteiger partial charge on any atom is -0.478 e. The maximum atomic E-state index is 13.5. The van der Waals surface area contributed by atoms with Gasteiger partial charge >= 0.3 is 6.09 Å². The van der Waals surface area contributed by atoms with Gasteiger partial charge in [-0.05, 0) is 52.3 Å². The fraction of sp³-hybridized carbons (Fsp3) is 0.760. The third-order valence-electron chi connectivity index (χ3n) is 7.35. The number of fused-ring (bicyclic) bond motifs is 8. The largest absolute Gasteiger partial charge is 0.478 e. The van der Waals surface area contributed by atoms with Gasteiger partial charge in [-0.15, -0.1) is 0 Å². The van der Waals surface area contributed by atoms with Gasteiger partial charge in [0.15, 0.2) is 0 Å². The zero-order chi connectivity index (χ0) is 27.4. The van der Waals surface area contributed by atoms with E-state index in [2.05, 4.69) is 9.71 Å². The van der Waals surface area contributed by atoms with Gasteiger partial charge in [0.05, 0.1) is 38.2 Å². The lowest BCUT2D eigenvalue weighted by Gasteiger charge is -2.34. The number of amides is 1. The Morgan fingerprint density at radius 1 is 1.16 bits per heavy atom. The van der Waals surface area contributed by atoms with E-state index < -0.39 is 34.6 Å². The lowest BCUT2D eigenvalue weighted by Crippen LogP contribution is -2.52. The molecule has 13 heteroatoms. The molecule has 0 aromatic carbocycles. The molecule has 3 aliphatic heterocycles. The van der Waals surface area contributed by atoms with Crippen molar-refractivity contribution in [1.29, 1.82) is 0 Å². The van der Waals surface area contributed by atoms with Crippen molar-refractivity contribution in [2.75, 3.05) is 46.7 Å². The van der Waals surface area contributed by atoms with Crippen LogP contribution in [-0.4, -0.2) is 100 Å². The number of aromatic nitrogens is 1. The molecule has 3 atom stereocenters. The van der Waals surface area contributed by atoms with Gasteiger partial charge in [-0.1, -0.05) is 0 Å². The van der Waals surface area contributed by atoms with Crippen LogP contribution in [-0.2, 0) is 19.5 Å². The molecule has 1 aliphatic carbocycles. The van der Waals surface area contributed by atoms with Crippen LogP contribution in [0.2, 0.25) is 0 Å². The first-order valence-corrected chi connectivity index (χ1v) is 15.0. The SMILES string of the molecule is CN(C)CC1CC(NS(C)(=O)=O)C2COC3CCC(CC3)c3cc(C(F)F)cc(n3)OCCCOC(=O)N12. The Morgan fingerprint density at radius 3 is 2.53 bits per heavy atom. The first kappa shape index (κ1) is 28.9. The maximum absolute atomic E-state index is 13.5. The summed E-state index contributed by atoms with van der Waals surface area (Å²) in [6, 6.07) is 1.42. The van der Waals surface area contributed by atoms with Gasteiger partial charge in [-0.3, -0.25) is 4.90 Å². The van der Waals surface area contributed by atoms with Crippen molar-refractivity contribution in [2.45, 2.75) is 75.1 Å². The molecule has 1 aromatic heterocycles. The molecule has 38 heavy (non-hydrogen) atoms. The van der Waals surface area contributed by atoms with Crippen LogP contribution in [0, 0.1) is 0 Å². The Morgan fingerprint density at radius 2 is 1.87 bits per heavy atom. The fourth-order valence-electron chi connectivity index (χ4n) is 5.68. The van der Waals surface area contributed by atoms with E-state index in [1.807, 2.05) is 19.0 Å². The molecule has 5 rings (SSSR count). The number of alkyl halides is 2. The second-order valence-electron chi connectivity index (χ2n) is 10.7. The van der Waals surface area contributed by atoms with E-state index in [4.69, 9.17) is 14.2 Å². The number of rotatable bonds is 5. The zero-order valence-corrected chi connectivity index (χ0v) is 23.0. The van der Waals surface area contributed by atoms with Crippen molar-refractivity contribution in [2.24, 2.45) is 0 Å². The first-order valence-electron chi connectivity index (χ1n) is 13.1. The Balaban J connectivity index is 1.57. The van der Waals surface area contributed by atoms with E-state index in [0.29, 0.717) is 50.8 Å². The molecule has 1 amide bonds. The van der Waals surface area contributed by atoms with Gasteiger partial charge in [-0.2, -0.15) is 0 Å². The summed E-state index contributed by atoms with van der Waals surface area (Å²) < 4.78 is 71.6. The number of halogens is 2. The van der Waals surface area contributed by atoms with E-state index in [1.54, 1.807) is 4.90 Å². The minimum absolute atomic E-state index is 0.0172. The molecule has 0 radical (unpaired) electrons. The van der Waals surface area contributed by atoms with Crippen LogP contribution in [0.3, 0.4) is 0 Å². The summed E-state index contributed by atoms with van der Waals surface area (Å²) in [5, 5.41) is 0. The van der Waals surface area contributed by atoms with Crippen LogP contribution in [0.25, 0.3) is 0 Å². The molecule has 3 unspecified atom stereocenters. The third-order valence-corrected chi connectivity index (χ3v) is 8.08. The van der Waals surface area contributed by atoms with Crippen molar-refractivity contribution in [3.63, 3.8) is 0 Å². The van der Waals surface area contributed by atoms with Crippen LogP contribution in [0.15, 0.2) is 12.1 Å². The molecule has 1 saturated carbocycles. The zero-order valence-electron chi connectivity index (χ0n) is 22.1. The molecular formula is C25H38F2N4O6S. The highest BCUT2D eigenvalue weighted by Gasteiger charge is 2.46. The number of pyridine rings is 1. The van der Waals surface area contributed by atoms with Crippen molar-refractivity contribution in [3.05, 3.63) is 23.4 Å². The molecule has 1 N–H and O–H groups in total. The number of carbonyl (C=O) groups is 1. The number of nitrogens with zero attached hydrogens (tertiary/aromatic N) is 3. The first-order chi connectivity index (χ1) is 18.0. The van der Waals surface area contributed by atoms with E-state index in [-0.39, 0.29) is 49.3 Å². The lowest BCUT2D eigenvalue weighted by molar-refractivity contribution is -0.0124. The number of likely N-dealkylation sites (N-methyl/N-ethyl adjacent to an activating group) is 1. The van der Waals surface area contributed by atoms with Crippen molar-refractivity contribution in [1.82, 2.24) is 19.5 Å². The summed E-state index contributed by atoms with van der Waals surface area (Å²) in [6.45, 7) is 0.892. The predicted molar refractivity (Wildman–Crippen MR) is 136 cm³/mol. The summed E-state index contributed by atoms with van der Waals surface area (Å²) in [4.78, 5) is 21.4. The van der Waals surface area contributed by atoms with Crippen molar-refractivity contribution >= 4 is 16.1 Å². The number of hydrogen-bond acceptors (Lipinski definition) is 8. The van der Waals surface area contributed by atoms with Crippen LogP contribution in [0.1, 0.15) is 62.1 Å². The Bertz CT molecular complexity index is 1070. The van der Waals surface area contributed by atoms with Gasteiger partial charge in [0.2, 0.25) is 15.9 Å². The van der Waals surface area contributed by atoms with Gasteiger partial charge in [0.1, 0.15) is 0 Å². The lowest BCUT2D eigenvalue weighted by atomic mass is 9.84. The normalized spacial score (nSPS) is 29.2. The molecule has 4 bridgehead atoms. The highest BCUT2D eigenvalue weighted by atomic mass is 32.2. The van der Waals surface area contributed by atoms with Gasteiger partial charge < -0.3 is 19.1 Å². The second kappa shape index (κ2) is 12.4. The molecule has 2 fully saturated rings. The van der Waals surface area contributed by atoms with Gasteiger partial charge in [-0.25, -0.2) is 31.7 Å². The summed E-state index contributed by atoms with van der Waals surface area (Å²) in [5.41, 5.74) is 0.475. The molecule has 10 nitrogen and oxygen atoms in total. The predicted octanol–water partition coefficient (Wildman–Crippen LogP) is 2.90. The quantitative estimate of drug-likeness (QED) is 0.586. The number of nitrogens with one attached hydrogen (secondary N) is 1. The molecule has 1 saturated heterocycles. The topological polar surface area (TPSA) is 110 Å². The second-order valence-corrected chi connectivity index (χ2v) is 12.5. The smallest absolute Gasteiger partial charge is 0.410 e. The summed E-state index contributed by atoms with van der Waals surface area (Å²) in [5.74, 6) is 0.163. The highest BCUT2D eigenvalue weighted by molar-refractivity contribution is 7.88. The van der Waals surface area contributed by atoms with Crippen LogP contribution >= 0.6 is 0 Å². The maximum Gasteiger partial charge on any atom is 0.410 e. The average molecular weight is 561 g/mol. The van der Waals surface area contributed by atoms with E-state index in [1.165, 1.54) is 12.1 Å². The summed E-state index contributed by atoms with van der Waals surface area (Å²) in [7, 11) is 0.266. The van der Waals surface area contributed by atoms with Crippen LogP contribution in [0.5, 0.6) is 5.88 Å². The van der Waals surface area contributed by atoms with E-state index >= 15 is 0 Å². The summed E-state index contributed by atoms with van der Waals surface area (Å²) in [6.07, 6.45) is 1.44. The molecule has 0 spiro atoms. The molecular weight excluding hydrogens is 522 g/mol. The highest BCUT2D eigenvalue weighted by Crippen LogP contribution is 2.36. The monoisotopic (exact) mass is 560 g/mol. The standard InChI is InChI=1S/C25H38F2N4O6S/c1-30(2)14-18-13-21(29-38(3,33)34)22-15-37-19-7-5-16(6-8-19)20-11-17(24(26)27)12-23(28-20)35-9-4-10-36-25(32)31(18)22/h11-12,16,18-19,21-22,24,29H,4-10,13-15H2,1-3H3. The number of carbonyl (C=O) groups excluding carboxylic acids is 1. The van der Waals surface area contributed by atoms with Crippen LogP contribution in [0.4, 0.5) is 13.6 Å². The number of ether oxygens (including phenoxy) is 3. The Kier molecular flexibility index (Phi) is 9.43. The fourth-order valence-corrected chi connectivity index (χ4v) is 6.48. The van der Waals surface area contributed by atoms with E-state index in [9.17, 15) is 22.0 Å². The number of hydrogen-bond donors (Lipinski definition) is 1. The Hall–Kier alpha value is -2.09.